The standard InChI is InChI=1S/C22H16N3.C12H10N.Ir/c1-23-13-14-24(16-23)18-11-12-20-19-9-5-6-10-21(19)25(22(20)15-18)17-7-3-2-4-8-17;1-10-7-8-12(13-9-10)11-5-3-2-4-6-11;/h2-10,12-15H,1H3;2-5,7-9H,1H3;/q+1;-1;. The maximum absolute atomic E-state index is 4.32. The largest absolute Gasteiger partial charge is 0.493 e. The number of para-hydroxylation sites is 2. The summed E-state index contributed by atoms with van der Waals surface area (Å²) in [6.07, 6.45) is 5.84. The summed E-state index contributed by atoms with van der Waals surface area (Å²) in [5, 5.41) is 2.45. The minimum Gasteiger partial charge on any atom is -0.334 e. The minimum absolute atomic E-state index is 0. The monoisotopic (exact) mass is 683 g/mol. The van der Waals surface area contributed by atoms with Crippen molar-refractivity contribution in [3.8, 4) is 16.9 Å². The fourth-order valence-electron chi connectivity index (χ4n) is 4.61. The van der Waals surface area contributed by atoms with Gasteiger partial charge in [-0.05, 0) is 47.3 Å². The van der Waals surface area contributed by atoms with Crippen molar-refractivity contribution in [3.63, 3.8) is 0 Å². The third-order valence-electron chi connectivity index (χ3n) is 6.46. The van der Waals surface area contributed by atoms with Crippen molar-refractivity contribution in [2.75, 3.05) is 7.05 Å². The molecule has 5 heteroatoms. The molecule has 0 N–H and O–H groups in total. The number of pyridine rings is 1. The Kier molecular flexibility index (Phi) is 7.76. The van der Waals surface area contributed by atoms with E-state index in [9.17, 15) is 0 Å². The third-order valence-corrected chi connectivity index (χ3v) is 6.46. The molecule has 0 amide bonds. The van der Waals surface area contributed by atoms with E-state index in [2.05, 4.69) is 94.4 Å². The Hall–Kier alpha value is -4.40. The normalized spacial score (nSPS) is 11.9. The van der Waals surface area contributed by atoms with Crippen LogP contribution in [0.15, 0.2) is 122 Å². The van der Waals surface area contributed by atoms with Crippen LogP contribution in [0.4, 0.5) is 5.69 Å². The Bertz CT molecular complexity index is 1840. The minimum atomic E-state index is 0. The van der Waals surface area contributed by atoms with Crippen molar-refractivity contribution >= 4 is 33.5 Å². The molecule has 0 saturated carbocycles. The Morgan fingerprint density at radius 3 is 2.31 bits per heavy atom. The molecule has 6 aromatic rings. The zero-order chi connectivity index (χ0) is 25.9. The van der Waals surface area contributed by atoms with Gasteiger partial charge in [0.1, 0.15) is 5.69 Å². The molecule has 0 atom stereocenters. The molecule has 1 aliphatic heterocycles. The van der Waals surface area contributed by atoms with Crippen molar-refractivity contribution in [1.29, 1.82) is 0 Å². The molecule has 0 saturated heterocycles. The van der Waals surface area contributed by atoms with E-state index >= 15 is 0 Å². The summed E-state index contributed by atoms with van der Waals surface area (Å²) in [5.41, 5.74) is 7.72. The average molecular weight is 683 g/mol. The van der Waals surface area contributed by atoms with E-state index in [0.717, 1.165) is 22.6 Å². The van der Waals surface area contributed by atoms with Crippen molar-refractivity contribution in [3.05, 3.63) is 139 Å². The van der Waals surface area contributed by atoms with Gasteiger partial charge in [-0.25, -0.2) is 0 Å². The van der Waals surface area contributed by atoms with Gasteiger partial charge in [0.25, 0.3) is 6.20 Å². The summed E-state index contributed by atoms with van der Waals surface area (Å²) in [6, 6.07) is 45.0. The van der Waals surface area contributed by atoms with Gasteiger partial charge in [0.15, 0.2) is 7.05 Å². The van der Waals surface area contributed by atoms with Gasteiger partial charge in [0.05, 0.1) is 0 Å². The average Bonchev–Trinajstić information content (AvgIpc) is 3.55. The number of benzene rings is 4. The molecule has 191 valence electrons. The molecule has 0 spiro atoms. The number of aromatic nitrogens is 2. The Balaban J connectivity index is 0.000000187. The van der Waals surface area contributed by atoms with Crippen molar-refractivity contribution in [2.45, 2.75) is 6.92 Å². The van der Waals surface area contributed by atoms with Crippen LogP contribution < -0.4 is 0 Å². The first-order valence-corrected chi connectivity index (χ1v) is 12.5. The third kappa shape index (κ3) is 5.43. The topological polar surface area (TPSA) is 23.8 Å². The van der Waals surface area contributed by atoms with Crippen molar-refractivity contribution in [2.24, 2.45) is 0 Å². The van der Waals surface area contributed by atoms with E-state index in [1.807, 2.05) is 78.1 Å². The van der Waals surface area contributed by atoms with Crippen LogP contribution >= 0.6 is 0 Å². The van der Waals surface area contributed by atoms with E-state index in [4.69, 9.17) is 0 Å². The number of nitrogens with zero attached hydrogens (tertiary/aromatic N) is 4. The molecule has 7 rings (SSSR count). The Morgan fingerprint density at radius 2 is 1.59 bits per heavy atom. The first-order chi connectivity index (χ1) is 18.7. The van der Waals surface area contributed by atoms with Crippen LogP contribution in [0.5, 0.6) is 0 Å². The number of hydrogen-bond donors (Lipinski definition) is 0. The quantitative estimate of drug-likeness (QED) is 0.141. The molecule has 0 aliphatic carbocycles. The molecule has 1 radical (unpaired) electrons. The maximum Gasteiger partial charge on any atom is 0.493 e. The molecule has 4 aromatic carbocycles. The predicted octanol–water partition coefficient (Wildman–Crippen LogP) is 7.38. The fraction of sp³-hybridized carbons (Fsp3) is 0.0588. The number of hydrogen-bond acceptors (Lipinski definition) is 1. The molecular formula is C34H26IrN4. The first kappa shape index (κ1) is 26.2. The van der Waals surface area contributed by atoms with Gasteiger partial charge in [-0.1, -0.05) is 63.7 Å². The zero-order valence-corrected chi connectivity index (χ0v) is 24.1. The van der Waals surface area contributed by atoms with E-state index in [0.29, 0.717) is 0 Å². The van der Waals surface area contributed by atoms with E-state index in [1.54, 1.807) is 0 Å². The molecule has 0 unspecified atom stereocenters. The molecule has 2 aromatic heterocycles. The second-order valence-electron chi connectivity index (χ2n) is 9.18. The fourth-order valence-corrected chi connectivity index (χ4v) is 4.61. The van der Waals surface area contributed by atoms with Gasteiger partial charge in [-0.15, -0.1) is 47.3 Å². The van der Waals surface area contributed by atoms with Gasteiger partial charge >= 0.3 is 6.01 Å². The molecule has 1 aliphatic rings. The summed E-state index contributed by atoms with van der Waals surface area (Å²) >= 11 is 0. The predicted molar refractivity (Wildman–Crippen MR) is 153 cm³/mol. The Labute approximate surface area is 241 Å². The summed E-state index contributed by atoms with van der Waals surface area (Å²) in [7, 11) is 1.97. The molecule has 3 heterocycles. The van der Waals surface area contributed by atoms with Gasteiger partial charge in [0.2, 0.25) is 6.20 Å². The van der Waals surface area contributed by atoms with E-state index in [-0.39, 0.29) is 20.1 Å². The van der Waals surface area contributed by atoms with E-state index < -0.39 is 0 Å². The summed E-state index contributed by atoms with van der Waals surface area (Å²) in [6.45, 7) is 2.03. The van der Waals surface area contributed by atoms with Crippen LogP contribution in [-0.4, -0.2) is 31.8 Å². The molecular weight excluding hydrogens is 657 g/mol. The van der Waals surface area contributed by atoms with Crippen LogP contribution in [0.3, 0.4) is 0 Å². The number of rotatable bonds is 3. The van der Waals surface area contributed by atoms with Crippen molar-refractivity contribution < 1.29 is 29.3 Å². The molecule has 0 bridgehead atoms. The SMILES string of the molecule is C[N+]1=C=[N+](c2[c-]cc3c4ccccc4n(-c4ccccc4)c3c2)C=C1.Cc1ccc(-c2[c-]cccc2)nc1.[Ir]. The second kappa shape index (κ2) is 11.6. The van der Waals surface area contributed by atoms with Crippen LogP contribution in [0, 0.1) is 19.1 Å². The van der Waals surface area contributed by atoms with Crippen LogP contribution in [-0.2, 0) is 20.1 Å². The number of aryl methyl sites for hydroxylation is 1. The van der Waals surface area contributed by atoms with Gasteiger partial charge < -0.3 is 9.55 Å². The molecule has 0 fully saturated rings. The first-order valence-electron chi connectivity index (χ1n) is 12.5. The van der Waals surface area contributed by atoms with Crippen molar-refractivity contribution in [1.82, 2.24) is 9.55 Å². The smallest absolute Gasteiger partial charge is 0.334 e. The van der Waals surface area contributed by atoms with Gasteiger partial charge in [0, 0.05) is 37.5 Å². The van der Waals surface area contributed by atoms with Crippen LogP contribution in [0.2, 0.25) is 0 Å². The number of fused-ring (bicyclic) bond motifs is 3. The van der Waals surface area contributed by atoms with Gasteiger partial charge in [-0.2, -0.15) is 6.07 Å². The summed E-state index contributed by atoms with van der Waals surface area (Å²) in [4.78, 5) is 4.32. The van der Waals surface area contributed by atoms with E-state index in [1.165, 1.54) is 27.4 Å². The summed E-state index contributed by atoms with van der Waals surface area (Å²) < 4.78 is 6.18. The second-order valence-corrected chi connectivity index (χ2v) is 9.18. The summed E-state index contributed by atoms with van der Waals surface area (Å²) in [5.74, 6) is 0. The molecule has 39 heavy (non-hydrogen) atoms. The van der Waals surface area contributed by atoms with Crippen LogP contribution in [0.25, 0.3) is 38.8 Å². The maximum atomic E-state index is 4.32. The Morgan fingerprint density at radius 1 is 0.795 bits per heavy atom. The zero-order valence-electron chi connectivity index (χ0n) is 21.7. The van der Waals surface area contributed by atoms with Crippen LogP contribution in [0.1, 0.15) is 5.56 Å². The van der Waals surface area contributed by atoms with Gasteiger partial charge in [-0.3, -0.25) is 0 Å². The molecule has 4 nitrogen and oxygen atoms in total.